The maximum absolute atomic E-state index is 12.4. The average Bonchev–Trinajstić information content (AvgIpc) is 2.71. The average molecular weight is 260 g/mol. The van der Waals surface area contributed by atoms with Crippen LogP contribution < -0.4 is 10.6 Å². The van der Waals surface area contributed by atoms with Crippen molar-refractivity contribution in [3.63, 3.8) is 0 Å². The van der Waals surface area contributed by atoms with Crippen LogP contribution in [0, 0.1) is 17.8 Å². The number of hydrogen-bond donors (Lipinski definition) is 2. The van der Waals surface area contributed by atoms with Gasteiger partial charge in [-0.25, -0.2) is 0 Å². The molecule has 2 N–H and O–H groups in total. The highest BCUT2D eigenvalue weighted by atomic mass is 16.1. The second-order valence-corrected chi connectivity index (χ2v) is 6.65. The standard InChI is InChI=1S/C16H24N2O/c1-10-7-8-11(12(9-10)17-6)13(19)18-14-15(2,3)16(14,4)5/h7-9,14,17H,1-6H3,(H,18,19). The summed E-state index contributed by atoms with van der Waals surface area (Å²) < 4.78 is 0. The van der Waals surface area contributed by atoms with Crippen molar-refractivity contribution in [2.45, 2.75) is 40.7 Å². The minimum atomic E-state index is 0.00741. The topological polar surface area (TPSA) is 41.1 Å². The van der Waals surface area contributed by atoms with Gasteiger partial charge in [0, 0.05) is 18.8 Å². The number of nitrogens with one attached hydrogen (secondary N) is 2. The SMILES string of the molecule is CNc1cc(C)ccc1C(=O)NC1C(C)(C)C1(C)C. The van der Waals surface area contributed by atoms with Gasteiger partial charge in [-0.05, 0) is 35.4 Å². The van der Waals surface area contributed by atoms with E-state index in [1.807, 2.05) is 32.2 Å². The maximum atomic E-state index is 12.4. The summed E-state index contributed by atoms with van der Waals surface area (Å²) in [6, 6.07) is 6.09. The summed E-state index contributed by atoms with van der Waals surface area (Å²) in [5.41, 5.74) is 3.06. The van der Waals surface area contributed by atoms with Gasteiger partial charge in [0.05, 0.1) is 5.56 Å². The molecule has 3 heteroatoms. The number of benzene rings is 1. The van der Waals surface area contributed by atoms with Crippen molar-refractivity contribution < 1.29 is 4.79 Å². The monoisotopic (exact) mass is 260 g/mol. The first-order valence-corrected chi connectivity index (χ1v) is 6.81. The summed E-state index contributed by atoms with van der Waals surface area (Å²) in [7, 11) is 1.84. The molecule has 0 aliphatic heterocycles. The first-order valence-electron chi connectivity index (χ1n) is 6.81. The van der Waals surface area contributed by atoms with E-state index in [4.69, 9.17) is 0 Å². The van der Waals surface area contributed by atoms with Crippen LogP contribution in [-0.4, -0.2) is 19.0 Å². The molecule has 0 unspecified atom stereocenters. The third-order valence-electron chi connectivity index (χ3n) is 4.99. The highest BCUT2D eigenvalue weighted by Gasteiger charge is 2.65. The zero-order chi connectivity index (χ0) is 14.4. The zero-order valence-electron chi connectivity index (χ0n) is 12.7. The molecule has 2 rings (SSSR count). The minimum absolute atomic E-state index is 0.00741. The molecule has 3 nitrogen and oxygen atoms in total. The molecule has 0 atom stereocenters. The van der Waals surface area contributed by atoms with E-state index in [2.05, 4.69) is 38.3 Å². The molecule has 0 bridgehead atoms. The molecule has 1 amide bonds. The smallest absolute Gasteiger partial charge is 0.253 e. The van der Waals surface area contributed by atoms with E-state index in [0.717, 1.165) is 11.3 Å². The van der Waals surface area contributed by atoms with Gasteiger partial charge in [0.2, 0.25) is 0 Å². The maximum Gasteiger partial charge on any atom is 0.253 e. The van der Waals surface area contributed by atoms with Gasteiger partial charge in [-0.3, -0.25) is 4.79 Å². The predicted molar refractivity (Wildman–Crippen MR) is 79.5 cm³/mol. The number of carbonyl (C=O) groups is 1. The molecule has 1 aromatic carbocycles. The van der Waals surface area contributed by atoms with Crippen molar-refractivity contribution in [1.82, 2.24) is 5.32 Å². The van der Waals surface area contributed by atoms with Crippen LogP contribution in [0.3, 0.4) is 0 Å². The van der Waals surface area contributed by atoms with E-state index in [1.165, 1.54) is 0 Å². The third kappa shape index (κ3) is 2.11. The van der Waals surface area contributed by atoms with Crippen molar-refractivity contribution in [1.29, 1.82) is 0 Å². The molecule has 1 saturated carbocycles. The Morgan fingerprint density at radius 2 is 1.74 bits per heavy atom. The first kappa shape index (κ1) is 13.9. The number of amides is 1. The number of hydrogen-bond acceptors (Lipinski definition) is 2. The molecule has 104 valence electrons. The normalized spacial score (nSPS) is 19.9. The Labute approximate surface area is 115 Å². The molecular formula is C16H24N2O. The molecule has 0 heterocycles. The summed E-state index contributed by atoms with van der Waals surface area (Å²) in [6.07, 6.45) is 0. The summed E-state index contributed by atoms with van der Waals surface area (Å²) in [4.78, 5) is 12.4. The van der Waals surface area contributed by atoms with Gasteiger partial charge in [-0.1, -0.05) is 33.8 Å². The Balaban J connectivity index is 2.18. The van der Waals surface area contributed by atoms with E-state index >= 15 is 0 Å². The van der Waals surface area contributed by atoms with E-state index in [9.17, 15) is 4.79 Å². The van der Waals surface area contributed by atoms with Crippen molar-refractivity contribution in [3.05, 3.63) is 29.3 Å². The van der Waals surface area contributed by atoms with Gasteiger partial charge in [-0.15, -0.1) is 0 Å². The Morgan fingerprint density at radius 3 is 2.21 bits per heavy atom. The van der Waals surface area contributed by atoms with Gasteiger partial charge in [0.1, 0.15) is 0 Å². The van der Waals surface area contributed by atoms with Crippen LogP contribution in [0.25, 0.3) is 0 Å². The number of anilines is 1. The number of carbonyl (C=O) groups excluding carboxylic acids is 1. The predicted octanol–water partition coefficient (Wildman–Crippen LogP) is 3.20. The van der Waals surface area contributed by atoms with Gasteiger partial charge >= 0.3 is 0 Å². The molecular weight excluding hydrogens is 236 g/mol. The second-order valence-electron chi connectivity index (χ2n) is 6.65. The lowest BCUT2D eigenvalue weighted by atomic mass is 10.0. The van der Waals surface area contributed by atoms with E-state index < -0.39 is 0 Å². The molecule has 1 fully saturated rings. The lowest BCUT2D eigenvalue weighted by Gasteiger charge is -2.12. The zero-order valence-corrected chi connectivity index (χ0v) is 12.7. The van der Waals surface area contributed by atoms with Crippen molar-refractivity contribution in [2.24, 2.45) is 10.8 Å². The van der Waals surface area contributed by atoms with Crippen LogP contribution in [-0.2, 0) is 0 Å². The van der Waals surface area contributed by atoms with E-state index in [-0.39, 0.29) is 22.8 Å². The number of rotatable bonds is 3. The Bertz CT molecular complexity index is 503. The molecule has 0 spiro atoms. The largest absolute Gasteiger partial charge is 0.387 e. The Hall–Kier alpha value is -1.51. The third-order valence-corrected chi connectivity index (χ3v) is 4.99. The van der Waals surface area contributed by atoms with Crippen LogP contribution in [0.2, 0.25) is 0 Å². The van der Waals surface area contributed by atoms with Crippen LogP contribution in [0.4, 0.5) is 5.69 Å². The minimum Gasteiger partial charge on any atom is -0.387 e. The van der Waals surface area contributed by atoms with Crippen molar-refractivity contribution in [2.75, 3.05) is 12.4 Å². The van der Waals surface area contributed by atoms with Gasteiger partial charge in [0.25, 0.3) is 5.91 Å². The van der Waals surface area contributed by atoms with Crippen molar-refractivity contribution in [3.8, 4) is 0 Å². The lowest BCUT2D eigenvalue weighted by Crippen LogP contribution is -2.30. The van der Waals surface area contributed by atoms with Crippen LogP contribution in [0.5, 0.6) is 0 Å². The summed E-state index contributed by atoms with van der Waals surface area (Å²) in [5, 5.41) is 6.26. The van der Waals surface area contributed by atoms with Gasteiger partial charge in [-0.2, -0.15) is 0 Å². The fraction of sp³-hybridized carbons (Fsp3) is 0.562. The van der Waals surface area contributed by atoms with Crippen LogP contribution in [0.1, 0.15) is 43.6 Å². The van der Waals surface area contributed by atoms with Crippen LogP contribution in [0.15, 0.2) is 18.2 Å². The van der Waals surface area contributed by atoms with Gasteiger partial charge < -0.3 is 10.6 Å². The number of aryl methyl sites for hydroxylation is 1. The Morgan fingerprint density at radius 1 is 1.16 bits per heavy atom. The molecule has 19 heavy (non-hydrogen) atoms. The Kier molecular flexibility index (Phi) is 3.12. The summed E-state index contributed by atoms with van der Waals surface area (Å²) in [5.74, 6) is 0.00741. The molecule has 1 aliphatic rings. The van der Waals surface area contributed by atoms with E-state index in [1.54, 1.807) is 0 Å². The molecule has 1 aliphatic carbocycles. The molecule has 0 saturated heterocycles. The lowest BCUT2D eigenvalue weighted by molar-refractivity contribution is 0.0944. The second kappa shape index (κ2) is 4.26. The summed E-state index contributed by atoms with van der Waals surface area (Å²) >= 11 is 0. The highest BCUT2D eigenvalue weighted by molar-refractivity contribution is 6.00. The van der Waals surface area contributed by atoms with Gasteiger partial charge in [0.15, 0.2) is 0 Å². The fourth-order valence-electron chi connectivity index (χ4n) is 2.83. The van der Waals surface area contributed by atoms with Crippen molar-refractivity contribution >= 4 is 11.6 Å². The highest BCUT2D eigenvalue weighted by Crippen LogP contribution is 2.62. The summed E-state index contributed by atoms with van der Waals surface area (Å²) in [6.45, 7) is 10.8. The van der Waals surface area contributed by atoms with Crippen LogP contribution >= 0.6 is 0 Å². The molecule has 1 aromatic rings. The van der Waals surface area contributed by atoms with E-state index in [0.29, 0.717) is 5.56 Å². The fourth-order valence-corrected chi connectivity index (χ4v) is 2.83. The molecule has 0 aromatic heterocycles. The molecule has 0 radical (unpaired) electrons. The first-order chi connectivity index (χ1) is 8.71. The quantitative estimate of drug-likeness (QED) is 0.876.